The van der Waals surface area contributed by atoms with Crippen molar-refractivity contribution in [2.75, 3.05) is 12.4 Å². The summed E-state index contributed by atoms with van der Waals surface area (Å²) in [4.78, 5) is 12.2. The predicted molar refractivity (Wildman–Crippen MR) is 75.1 cm³/mol. The number of amides is 1. The highest BCUT2D eigenvalue weighted by molar-refractivity contribution is 7.10. The second kappa shape index (κ2) is 5.01. The van der Waals surface area contributed by atoms with Crippen LogP contribution in [0.3, 0.4) is 0 Å². The maximum Gasteiger partial charge on any atom is 0.256 e. The number of aromatic nitrogens is 1. The van der Waals surface area contributed by atoms with E-state index in [2.05, 4.69) is 9.69 Å². The Morgan fingerprint density at radius 1 is 1.42 bits per heavy atom. The third-order valence-corrected chi connectivity index (χ3v) is 4.11. The maximum atomic E-state index is 12.2. The van der Waals surface area contributed by atoms with Gasteiger partial charge < -0.3 is 10.1 Å². The zero-order valence-corrected chi connectivity index (χ0v) is 11.4. The van der Waals surface area contributed by atoms with Gasteiger partial charge in [-0.05, 0) is 49.0 Å². The van der Waals surface area contributed by atoms with Crippen LogP contribution in [-0.2, 0) is 12.8 Å². The first-order chi connectivity index (χ1) is 9.28. The molecule has 0 fully saturated rings. The molecule has 1 heterocycles. The molecule has 0 atom stereocenters. The van der Waals surface area contributed by atoms with E-state index < -0.39 is 0 Å². The molecule has 1 aromatic heterocycles. The number of fused-ring (bicyclic) bond motifs is 1. The van der Waals surface area contributed by atoms with Crippen LogP contribution in [0.15, 0.2) is 24.3 Å². The van der Waals surface area contributed by atoms with Crippen LogP contribution in [0.2, 0.25) is 0 Å². The van der Waals surface area contributed by atoms with Crippen LogP contribution >= 0.6 is 11.5 Å². The van der Waals surface area contributed by atoms with Crippen molar-refractivity contribution in [3.63, 3.8) is 0 Å². The lowest BCUT2D eigenvalue weighted by Gasteiger charge is -2.05. The molecule has 1 aliphatic carbocycles. The summed E-state index contributed by atoms with van der Waals surface area (Å²) in [5.74, 6) is 0.569. The van der Waals surface area contributed by atoms with Crippen LogP contribution in [0, 0.1) is 0 Å². The molecule has 4 nitrogen and oxygen atoms in total. The molecule has 1 amide bonds. The third-order valence-electron chi connectivity index (χ3n) is 3.27. The Bertz CT molecular complexity index is 622. The minimum Gasteiger partial charge on any atom is -0.497 e. The highest BCUT2D eigenvalue weighted by atomic mass is 32.1. The molecule has 19 heavy (non-hydrogen) atoms. The van der Waals surface area contributed by atoms with E-state index in [4.69, 9.17) is 4.74 Å². The van der Waals surface area contributed by atoms with Gasteiger partial charge in [-0.15, -0.1) is 0 Å². The fourth-order valence-electron chi connectivity index (χ4n) is 2.27. The van der Waals surface area contributed by atoms with Crippen molar-refractivity contribution in [2.45, 2.75) is 19.3 Å². The second-order valence-corrected chi connectivity index (χ2v) is 5.25. The number of carbonyl (C=O) groups excluding carboxylic acids is 1. The van der Waals surface area contributed by atoms with E-state index in [-0.39, 0.29) is 5.91 Å². The summed E-state index contributed by atoms with van der Waals surface area (Å²) >= 11 is 1.37. The molecule has 5 heteroatoms. The number of hydrogen-bond donors (Lipinski definition) is 1. The predicted octanol–water partition coefficient (Wildman–Crippen LogP) is 2.89. The van der Waals surface area contributed by atoms with Gasteiger partial charge in [-0.3, -0.25) is 4.79 Å². The lowest BCUT2D eigenvalue weighted by Crippen LogP contribution is -2.11. The van der Waals surface area contributed by atoms with Gasteiger partial charge in [0.1, 0.15) is 10.8 Å². The normalized spacial score (nSPS) is 13.1. The monoisotopic (exact) mass is 274 g/mol. The molecule has 0 aliphatic heterocycles. The van der Waals surface area contributed by atoms with Crippen molar-refractivity contribution in [3.8, 4) is 5.75 Å². The molecule has 1 aliphatic rings. The van der Waals surface area contributed by atoms with Crippen molar-refractivity contribution in [1.29, 1.82) is 0 Å². The van der Waals surface area contributed by atoms with E-state index in [1.54, 1.807) is 19.2 Å². The molecule has 0 spiro atoms. The van der Waals surface area contributed by atoms with Crippen molar-refractivity contribution in [2.24, 2.45) is 0 Å². The zero-order chi connectivity index (χ0) is 13.2. The quantitative estimate of drug-likeness (QED) is 0.936. The Balaban J connectivity index is 1.80. The molecule has 1 aromatic carbocycles. The molecule has 0 bridgehead atoms. The number of methoxy groups -OCH3 is 1. The molecule has 0 radical (unpaired) electrons. The number of nitrogens with zero attached hydrogens (tertiary/aromatic N) is 1. The van der Waals surface area contributed by atoms with Crippen LogP contribution in [0.1, 0.15) is 28.0 Å². The van der Waals surface area contributed by atoms with Gasteiger partial charge in [0.2, 0.25) is 0 Å². The Hall–Kier alpha value is -1.88. The number of hydrogen-bond acceptors (Lipinski definition) is 4. The standard InChI is InChI=1S/C14H14N2O2S/c1-18-10-5-2-4-9(8-10)13(17)15-14-11-6-3-7-12(11)16-19-14/h2,4-5,8H,3,6-7H2,1H3,(H,15,17). The summed E-state index contributed by atoms with van der Waals surface area (Å²) in [7, 11) is 1.59. The van der Waals surface area contributed by atoms with E-state index >= 15 is 0 Å². The minimum absolute atomic E-state index is 0.114. The second-order valence-electron chi connectivity index (χ2n) is 4.48. The molecule has 2 aromatic rings. The van der Waals surface area contributed by atoms with Gasteiger partial charge in [0, 0.05) is 11.1 Å². The summed E-state index contributed by atoms with van der Waals surface area (Å²) in [5.41, 5.74) is 2.95. The molecule has 98 valence electrons. The van der Waals surface area contributed by atoms with Crippen molar-refractivity contribution in [3.05, 3.63) is 41.1 Å². The van der Waals surface area contributed by atoms with Gasteiger partial charge in [-0.1, -0.05) is 6.07 Å². The lowest BCUT2D eigenvalue weighted by atomic mass is 10.2. The molecular formula is C14H14N2O2S. The van der Waals surface area contributed by atoms with Crippen molar-refractivity contribution in [1.82, 2.24) is 4.37 Å². The van der Waals surface area contributed by atoms with Crippen LogP contribution in [0.25, 0.3) is 0 Å². The summed E-state index contributed by atoms with van der Waals surface area (Å²) in [5, 5.41) is 3.84. The number of carbonyl (C=O) groups is 1. The van der Waals surface area contributed by atoms with Crippen LogP contribution in [-0.4, -0.2) is 17.4 Å². The maximum absolute atomic E-state index is 12.2. The fourth-order valence-corrected chi connectivity index (χ4v) is 3.14. The number of benzene rings is 1. The third kappa shape index (κ3) is 2.33. The van der Waals surface area contributed by atoms with Gasteiger partial charge in [-0.2, -0.15) is 4.37 Å². The molecular weight excluding hydrogens is 260 g/mol. The summed E-state index contributed by atoms with van der Waals surface area (Å²) in [6.07, 6.45) is 3.17. The van der Waals surface area contributed by atoms with Crippen molar-refractivity contribution >= 4 is 22.4 Å². The van der Waals surface area contributed by atoms with E-state index in [1.807, 2.05) is 12.1 Å². The van der Waals surface area contributed by atoms with Gasteiger partial charge >= 0.3 is 0 Å². The van der Waals surface area contributed by atoms with Gasteiger partial charge in [-0.25, -0.2) is 0 Å². The van der Waals surface area contributed by atoms with E-state index in [9.17, 15) is 4.79 Å². The number of anilines is 1. The first-order valence-corrected chi connectivity index (χ1v) is 6.98. The summed E-state index contributed by atoms with van der Waals surface area (Å²) < 4.78 is 9.50. The topological polar surface area (TPSA) is 51.2 Å². The Labute approximate surface area is 115 Å². The smallest absolute Gasteiger partial charge is 0.256 e. The fraction of sp³-hybridized carbons (Fsp3) is 0.286. The highest BCUT2D eigenvalue weighted by Gasteiger charge is 2.20. The molecule has 0 saturated heterocycles. The van der Waals surface area contributed by atoms with E-state index in [0.717, 1.165) is 30.0 Å². The van der Waals surface area contributed by atoms with Gasteiger partial charge in [0.05, 0.1) is 12.8 Å². The first kappa shape index (κ1) is 12.2. The van der Waals surface area contributed by atoms with Crippen LogP contribution in [0.5, 0.6) is 5.75 Å². The Morgan fingerprint density at radius 2 is 2.32 bits per heavy atom. The Kier molecular flexibility index (Phi) is 3.21. The highest BCUT2D eigenvalue weighted by Crippen LogP contribution is 2.32. The SMILES string of the molecule is COc1cccc(C(=O)Nc2snc3c2CCC3)c1. The van der Waals surface area contributed by atoms with Gasteiger partial charge in [0.25, 0.3) is 5.91 Å². The number of rotatable bonds is 3. The first-order valence-electron chi connectivity index (χ1n) is 6.21. The molecule has 0 saturated carbocycles. The van der Waals surface area contributed by atoms with Crippen molar-refractivity contribution < 1.29 is 9.53 Å². The minimum atomic E-state index is -0.114. The van der Waals surface area contributed by atoms with Crippen LogP contribution < -0.4 is 10.1 Å². The van der Waals surface area contributed by atoms with Gasteiger partial charge in [0.15, 0.2) is 0 Å². The zero-order valence-electron chi connectivity index (χ0n) is 10.6. The molecule has 3 rings (SSSR count). The number of ether oxygens (including phenoxy) is 1. The average Bonchev–Trinajstić information content (AvgIpc) is 3.04. The van der Waals surface area contributed by atoms with Crippen LogP contribution in [0.4, 0.5) is 5.00 Å². The summed E-state index contributed by atoms with van der Waals surface area (Å²) in [6, 6.07) is 7.14. The van der Waals surface area contributed by atoms with E-state index in [1.165, 1.54) is 17.1 Å². The average molecular weight is 274 g/mol. The number of nitrogens with one attached hydrogen (secondary N) is 1. The molecule has 0 unspecified atom stereocenters. The van der Waals surface area contributed by atoms with E-state index in [0.29, 0.717) is 11.3 Å². The lowest BCUT2D eigenvalue weighted by molar-refractivity contribution is 0.102. The Morgan fingerprint density at radius 3 is 3.16 bits per heavy atom. The number of aryl methyl sites for hydroxylation is 1. The summed E-state index contributed by atoms with van der Waals surface area (Å²) in [6.45, 7) is 0. The molecule has 1 N–H and O–H groups in total. The largest absolute Gasteiger partial charge is 0.497 e.